The molecule has 1 rings (SSSR count). The maximum absolute atomic E-state index is 9.02. The molecule has 1 atom stereocenters. The third-order valence-electron chi connectivity index (χ3n) is 2.76. The van der Waals surface area contributed by atoms with Crippen molar-refractivity contribution in [2.75, 3.05) is 17.7 Å². The van der Waals surface area contributed by atoms with Gasteiger partial charge >= 0.3 is 0 Å². The highest BCUT2D eigenvalue weighted by molar-refractivity contribution is 6.29. The molecule has 0 aliphatic carbocycles. The van der Waals surface area contributed by atoms with Gasteiger partial charge in [-0.25, -0.2) is 4.98 Å². The number of halogens is 1. The van der Waals surface area contributed by atoms with Crippen LogP contribution in [-0.2, 0) is 0 Å². The zero-order valence-electron chi connectivity index (χ0n) is 9.63. The molecule has 1 aromatic rings. The first-order valence-corrected chi connectivity index (χ1v) is 5.69. The average Bonchev–Trinajstić information content (AvgIpc) is 2.24. The van der Waals surface area contributed by atoms with Crippen molar-refractivity contribution in [1.82, 2.24) is 4.98 Å². The number of aliphatic hydroxyl groups excluding tert-OH is 1. The van der Waals surface area contributed by atoms with Crippen LogP contribution in [0.1, 0.15) is 26.7 Å². The summed E-state index contributed by atoms with van der Waals surface area (Å²) in [5.41, 5.74) is 6.14. The summed E-state index contributed by atoms with van der Waals surface area (Å²) in [6, 6.07) is 3.37. The number of nitrogens with one attached hydrogen (secondary N) is 1. The second-order valence-electron chi connectivity index (χ2n) is 4.08. The van der Waals surface area contributed by atoms with Crippen molar-refractivity contribution >= 4 is 23.1 Å². The number of pyridine rings is 1. The minimum atomic E-state index is -0.222. The van der Waals surface area contributed by atoms with E-state index in [1.54, 1.807) is 12.1 Å². The van der Waals surface area contributed by atoms with E-state index in [4.69, 9.17) is 22.4 Å². The molecule has 0 bridgehead atoms. The van der Waals surface area contributed by atoms with Gasteiger partial charge in [0.05, 0.1) is 5.69 Å². The van der Waals surface area contributed by atoms with Gasteiger partial charge in [-0.3, -0.25) is 0 Å². The number of nitrogens with zero attached hydrogens (tertiary/aromatic N) is 1. The van der Waals surface area contributed by atoms with Gasteiger partial charge in [0.15, 0.2) is 5.82 Å². The van der Waals surface area contributed by atoms with Crippen molar-refractivity contribution in [2.45, 2.75) is 32.2 Å². The Hall–Kier alpha value is -1.00. The lowest BCUT2D eigenvalue weighted by atomic mass is 9.95. The predicted molar refractivity (Wildman–Crippen MR) is 67.7 cm³/mol. The van der Waals surface area contributed by atoms with Crippen molar-refractivity contribution in [1.29, 1.82) is 0 Å². The molecule has 0 amide bonds. The fourth-order valence-corrected chi connectivity index (χ4v) is 1.55. The molecule has 16 heavy (non-hydrogen) atoms. The topological polar surface area (TPSA) is 71.2 Å². The molecule has 0 spiro atoms. The Bertz CT molecular complexity index is 359. The molecule has 1 unspecified atom stereocenters. The minimum absolute atomic E-state index is 0.123. The molecule has 0 fully saturated rings. The Kier molecular flexibility index (Phi) is 4.38. The number of nitrogens with two attached hydrogens (primary N) is 1. The predicted octanol–water partition coefficient (Wildman–Crippen LogP) is 2.28. The van der Waals surface area contributed by atoms with Crippen LogP contribution in [0.4, 0.5) is 11.5 Å². The highest BCUT2D eigenvalue weighted by Crippen LogP contribution is 2.25. The summed E-state index contributed by atoms with van der Waals surface area (Å²) in [6.07, 6.45) is 1.50. The van der Waals surface area contributed by atoms with Crippen molar-refractivity contribution < 1.29 is 5.11 Å². The summed E-state index contributed by atoms with van der Waals surface area (Å²) >= 11 is 5.81. The van der Waals surface area contributed by atoms with E-state index in [1.807, 2.05) is 13.8 Å². The number of aliphatic hydroxyl groups is 1. The monoisotopic (exact) mass is 243 g/mol. The van der Waals surface area contributed by atoms with Crippen molar-refractivity contribution in [3.8, 4) is 0 Å². The average molecular weight is 244 g/mol. The number of nitrogen functional groups attached to an aromatic ring is 1. The van der Waals surface area contributed by atoms with Crippen LogP contribution in [0.2, 0.25) is 5.15 Å². The highest BCUT2D eigenvalue weighted by atomic mass is 35.5. The lowest BCUT2D eigenvalue weighted by Gasteiger charge is -2.30. The van der Waals surface area contributed by atoms with E-state index in [-0.39, 0.29) is 12.1 Å². The van der Waals surface area contributed by atoms with E-state index in [0.717, 1.165) is 6.42 Å². The van der Waals surface area contributed by atoms with Gasteiger partial charge in [0.25, 0.3) is 0 Å². The highest BCUT2D eigenvalue weighted by Gasteiger charge is 2.22. The number of aromatic nitrogens is 1. The Morgan fingerprint density at radius 3 is 2.81 bits per heavy atom. The molecule has 1 heterocycles. The number of rotatable bonds is 5. The SMILES string of the molecule is CCC(C)(CCO)Nc1nc(Cl)ccc1N. The Balaban J connectivity index is 2.89. The van der Waals surface area contributed by atoms with Gasteiger partial charge in [-0.2, -0.15) is 0 Å². The van der Waals surface area contributed by atoms with E-state index < -0.39 is 0 Å². The molecule has 0 aliphatic heterocycles. The van der Waals surface area contributed by atoms with Crippen LogP contribution in [0.25, 0.3) is 0 Å². The van der Waals surface area contributed by atoms with Crippen LogP contribution in [-0.4, -0.2) is 22.2 Å². The first kappa shape index (κ1) is 13.1. The molecule has 0 saturated carbocycles. The van der Waals surface area contributed by atoms with Crippen LogP contribution in [0.3, 0.4) is 0 Å². The van der Waals surface area contributed by atoms with Crippen molar-refractivity contribution in [2.24, 2.45) is 0 Å². The van der Waals surface area contributed by atoms with Crippen LogP contribution >= 0.6 is 11.6 Å². The smallest absolute Gasteiger partial charge is 0.151 e. The Morgan fingerprint density at radius 1 is 1.56 bits per heavy atom. The van der Waals surface area contributed by atoms with Gasteiger partial charge in [-0.15, -0.1) is 0 Å². The molecule has 0 radical (unpaired) electrons. The zero-order chi connectivity index (χ0) is 12.2. The summed E-state index contributed by atoms with van der Waals surface area (Å²) in [6.45, 7) is 4.19. The quantitative estimate of drug-likeness (QED) is 0.694. The fraction of sp³-hybridized carbons (Fsp3) is 0.545. The second kappa shape index (κ2) is 5.37. The number of anilines is 2. The zero-order valence-corrected chi connectivity index (χ0v) is 10.4. The molecule has 4 nitrogen and oxygen atoms in total. The Labute approximate surface area is 101 Å². The van der Waals surface area contributed by atoms with Crippen LogP contribution in [0, 0.1) is 0 Å². The number of hydrogen-bond donors (Lipinski definition) is 3. The van der Waals surface area contributed by atoms with Gasteiger partial charge in [0.2, 0.25) is 0 Å². The van der Waals surface area contributed by atoms with Gasteiger partial charge in [0, 0.05) is 12.1 Å². The van der Waals surface area contributed by atoms with Crippen LogP contribution in [0.15, 0.2) is 12.1 Å². The normalized spacial score (nSPS) is 14.5. The van der Waals surface area contributed by atoms with E-state index in [0.29, 0.717) is 23.1 Å². The summed E-state index contributed by atoms with van der Waals surface area (Å²) in [5.74, 6) is 0.574. The maximum atomic E-state index is 9.02. The maximum Gasteiger partial charge on any atom is 0.151 e. The molecule has 4 N–H and O–H groups in total. The van der Waals surface area contributed by atoms with E-state index in [9.17, 15) is 0 Å². The van der Waals surface area contributed by atoms with E-state index >= 15 is 0 Å². The summed E-state index contributed by atoms with van der Waals surface area (Å²) in [5, 5.41) is 12.7. The molecule has 0 aromatic carbocycles. The van der Waals surface area contributed by atoms with E-state index in [2.05, 4.69) is 10.3 Å². The summed E-state index contributed by atoms with van der Waals surface area (Å²) in [4.78, 5) is 4.14. The standard InChI is InChI=1S/C11H18ClN3O/c1-3-11(2,6-7-16)15-10-8(13)4-5-9(12)14-10/h4-5,16H,3,6-7,13H2,1-2H3,(H,14,15). The molecular weight excluding hydrogens is 226 g/mol. The van der Waals surface area contributed by atoms with Gasteiger partial charge in [0.1, 0.15) is 5.15 Å². The largest absolute Gasteiger partial charge is 0.396 e. The fourth-order valence-electron chi connectivity index (χ4n) is 1.41. The lowest BCUT2D eigenvalue weighted by Crippen LogP contribution is -2.35. The third-order valence-corrected chi connectivity index (χ3v) is 2.97. The summed E-state index contributed by atoms with van der Waals surface area (Å²) < 4.78 is 0. The lowest BCUT2D eigenvalue weighted by molar-refractivity contribution is 0.252. The third kappa shape index (κ3) is 3.25. The van der Waals surface area contributed by atoms with E-state index in [1.165, 1.54) is 0 Å². The molecule has 90 valence electrons. The first-order valence-electron chi connectivity index (χ1n) is 5.32. The molecule has 1 aromatic heterocycles. The first-order chi connectivity index (χ1) is 7.50. The summed E-state index contributed by atoms with van der Waals surface area (Å²) in [7, 11) is 0. The molecule has 5 heteroatoms. The van der Waals surface area contributed by atoms with Crippen LogP contribution in [0.5, 0.6) is 0 Å². The van der Waals surface area contributed by atoms with Gasteiger partial charge in [-0.05, 0) is 31.9 Å². The van der Waals surface area contributed by atoms with Gasteiger partial charge in [-0.1, -0.05) is 18.5 Å². The van der Waals surface area contributed by atoms with Crippen LogP contribution < -0.4 is 11.1 Å². The van der Waals surface area contributed by atoms with Gasteiger partial charge < -0.3 is 16.2 Å². The molecular formula is C11H18ClN3O. The molecule has 0 aliphatic rings. The van der Waals surface area contributed by atoms with Crippen molar-refractivity contribution in [3.05, 3.63) is 17.3 Å². The minimum Gasteiger partial charge on any atom is -0.396 e. The number of hydrogen-bond acceptors (Lipinski definition) is 4. The van der Waals surface area contributed by atoms with Crippen molar-refractivity contribution in [3.63, 3.8) is 0 Å². The molecule has 0 saturated heterocycles. The Morgan fingerprint density at radius 2 is 2.25 bits per heavy atom. The second-order valence-corrected chi connectivity index (χ2v) is 4.47.